The van der Waals surface area contributed by atoms with Crippen molar-refractivity contribution in [3.05, 3.63) is 35.4 Å². The molecule has 0 radical (unpaired) electrons. The molecule has 7 nitrogen and oxygen atoms in total. The number of methoxy groups -OCH3 is 1. The molecule has 2 aliphatic rings. The minimum absolute atomic E-state index is 0.359. The smallest absolute Gasteiger partial charge is 0.329 e. The summed E-state index contributed by atoms with van der Waals surface area (Å²) in [7, 11) is 2.59. The molecule has 1 aromatic carbocycles. The zero-order valence-corrected chi connectivity index (χ0v) is 13.8. The lowest BCUT2D eigenvalue weighted by Crippen LogP contribution is -2.58. The quantitative estimate of drug-likeness (QED) is 0.587. The van der Waals surface area contributed by atoms with Crippen LogP contribution in [0.4, 0.5) is 0 Å². The number of nitrogens with zero attached hydrogens (tertiary/aromatic N) is 1. The zero-order chi connectivity index (χ0) is 17.6. The van der Waals surface area contributed by atoms with E-state index in [1.54, 1.807) is 0 Å². The number of esters is 1. The van der Waals surface area contributed by atoms with Gasteiger partial charge in [0.15, 0.2) is 5.54 Å². The van der Waals surface area contributed by atoms with E-state index in [4.69, 9.17) is 4.74 Å². The molecule has 2 heterocycles. The third kappa shape index (κ3) is 2.08. The maximum absolute atomic E-state index is 12.6. The number of benzene rings is 1. The number of carbonyl (C=O) groups is 3. The molecule has 2 saturated heterocycles. The predicted octanol–water partition coefficient (Wildman–Crippen LogP) is -0.226. The largest absolute Gasteiger partial charge is 0.468 e. The van der Waals surface area contributed by atoms with Gasteiger partial charge in [0.2, 0.25) is 11.8 Å². The van der Waals surface area contributed by atoms with Crippen LogP contribution in [0, 0.1) is 18.8 Å². The van der Waals surface area contributed by atoms with E-state index in [0.29, 0.717) is 0 Å². The Morgan fingerprint density at radius 1 is 1.29 bits per heavy atom. The van der Waals surface area contributed by atoms with Crippen molar-refractivity contribution in [1.82, 2.24) is 10.2 Å². The van der Waals surface area contributed by atoms with Crippen molar-refractivity contribution < 1.29 is 24.2 Å². The lowest BCUT2D eigenvalue weighted by molar-refractivity contribution is -0.156. The molecular weight excluding hydrogens is 312 g/mol. The fraction of sp³-hybridized carbons (Fsp3) is 0.471. The van der Waals surface area contributed by atoms with Gasteiger partial charge in [0.05, 0.1) is 25.6 Å². The Morgan fingerprint density at radius 2 is 1.92 bits per heavy atom. The van der Waals surface area contributed by atoms with Crippen LogP contribution in [0.5, 0.6) is 0 Å². The van der Waals surface area contributed by atoms with Gasteiger partial charge in [-0.25, -0.2) is 4.79 Å². The second-order valence-corrected chi connectivity index (χ2v) is 6.39. The highest BCUT2D eigenvalue weighted by atomic mass is 16.5. The monoisotopic (exact) mass is 332 g/mol. The van der Waals surface area contributed by atoms with Gasteiger partial charge < -0.3 is 9.84 Å². The summed E-state index contributed by atoms with van der Waals surface area (Å²) in [6.07, 6.45) is 0. The molecule has 2 amide bonds. The van der Waals surface area contributed by atoms with Crippen molar-refractivity contribution in [3.63, 3.8) is 0 Å². The lowest BCUT2D eigenvalue weighted by Gasteiger charge is -2.29. The minimum Gasteiger partial charge on any atom is -0.468 e. The number of rotatable bonds is 3. The molecule has 7 heteroatoms. The van der Waals surface area contributed by atoms with Gasteiger partial charge >= 0.3 is 5.97 Å². The first-order chi connectivity index (χ1) is 11.4. The molecule has 2 fully saturated rings. The van der Waals surface area contributed by atoms with E-state index in [0.717, 1.165) is 16.0 Å². The van der Waals surface area contributed by atoms with E-state index in [9.17, 15) is 19.5 Å². The summed E-state index contributed by atoms with van der Waals surface area (Å²) in [5.74, 6) is -3.32. The fourth-order valence-corrected chi connectivity index (χ4v) is 3.79. The van der Waals surface area contributed by atoms with Gasteiger partial charge in [-0.2, -0.15) is 0 Å². The molecule has 128 valence electrons. The molecule has 0 saturated carbocycles. The Bertz CT molecular complexity index is 701. The van der Waals surface area contributed by atoms with Crippen molar-refractivity contribution in [1.29, 1.82) is 0 Å². The molecule has 1 aromatic rings. The van der Waals surface area contributed by atoms with Crippen molar-refractivity contribution in [3.8, 4) is 0 Å². The number of imide groups is 1. The average molecular weight is 332 g/mol. The Balaban J connectivity index is 2.12. The SMILES string of the molecule is COC(=O)[C@]1(CO)N[C@H](c2ccc(C)cc2)[C@H]2C(=O)N(C)C(=O)[C@@H]21. The second-order valence-electron chi connectivity index (χ2n) is 6.39. The van der Waals surface area contributed by atoms with Crippen molar-refractivity contribution in [2.75, 3.05) is 20.8 Å². The van der Waals surface area contributed by atoms with Crippen LogP contribution in [0.2, 0.25) is 0 Å². The first-order valence-electron chi connectivity index (χ1n) is 7.72. The summed E-state index contributed by atoms with van der Waals surface area (Å²) in [5.41, 5.74) is 0.221. The Kier molecular flexibility index (Phi) is 3.93. The van der Waals surface area contributed by atoms with E-state index in [2.05, 4.69) is 5.32 Å². The number of amides is 2. The second kappa shape index (κ2) is 5.68. The van der Waals surface area contributed by atoms with E-state index < -0.39 is 41.9 Å². The zero-order valence-electron chi connectivity index (χ0n) is 13.8. The van der Waals surface area contributed by atoms with Crippen LogP contribution < -0.4 is 5.32 Å². The number of fused-ring (bicyclic) bond motifs is 1. The van der Waals surface area contributed by atoms with E-state index in [1.807, 2.05) is 31.2 Å². The van der Waals surface area contributed by atoms with Gasteiger partial charge in [0.25, 0.3) is 0 Å². The first kappa shape index (κ1) is 16.6. The number of nitrogens with one attached hydrogen (secondary N) is 1. The van der Waals surface area contributed by atoms with Gasteiger partial charge in [-0.05, 0) is 12.5 Å². The van der Waals surface area contributed by atoms with Crippen molar-refractivity contribution in [2.24, 2.45) is 11.8 Å². The summed E-state index contributed by atoms with van der Waals surface area (Å²) in [6, 6.07) is 6.95. The molecule has 0 bridgehead atoms. The molecule has 0 unspecified atom stereocenters. The molecule has 24 heavy (non-hydrogen) atoms. The standard InChI is InChI=1S/C17H20N2O5/c1-9-4-6-10(7-5-9)13-11-12(15(22)19(2)14(11)21)17(8-20,18-13)16(23)24-3/h4-7,11-13,18,20H,8H2,1-3H3/t11-,12+,13+,17+/m0/s1. The number of aliphatic hydroxyl groups is 1. The lowest BCUT2D eigenvalue weighted by atomic mass is 9.79. The molecule has 0 aromatic heterocycles. The summed E-state index contributed by atoms with van der Waals surface area (Å²) < 4.78 is 4.82. The fourth-order valence-electron chi connectivity index (χ4n) is 3.79. The van der Waals surface area contributed by atoms with Crippen LogP contribution in [0.3, 0.4) is 0 Å². The Hall–Kier alpha value is -2.25. The topological polar surface area (TPSA) is 95.9 Å². The third-order valence-corrected chi connectivity index (χ3v) is 5.11. The summed E-state index contributed by atoms with van der Waals surface area (Å²) in [6.45, 7) is 1.31. The van der Waals surface area contributed by atoms with Gasteiger partial charge in [-0.15, -0.1) is 0 Å². The number of ether oxygens (including phenoxy) is 1. The predicted molar refractivity (Wildman–Crippen MR) is 83.6 cm³/mol. The van der Waals surface area contributed by atoms with Crippen LogP contribution in [0.1, 0.15) is 17.2 Å². The highest BCUT2D eigenvalue weighted by Crippen LogP contribution is 2.48. The van der Waals surface area contributed by atoms with E-state index in [1.165, 1.54) is 14.2 Å². The van der Waals surface area contributed by atoms with Gasteiger partial charge in [-0.3, -0.25) is 19.8 Å². The molecule has 2 aliphatic heterocycles. The van der Waals surface area contributed by atoms with Gasteiger partial charge in [0, 0.05) is 13.1 Å². The first-order valence-corrected chi connectivity index (χ1v) is 7.72. The van der Waals surface area contributed by atoms with Crippen LogP contribution in [0.25, 0.3) is 0 Å². The Morgan fingerprint density at radius 3 is 2.46 bits per heavy atom. The number of carbonyl (C=O) groups excluding carboxylic acids is 3. The summed E-state index contributed by atoms with van der Waals surface area (Å²) in [4.78, 5) is 38.6. The number of likely N-dealkylation sites (tertiary alicyclic amines) is 1. The third-order valence-electron chi connectivity index (χ3n) is 5.11. The highest BCUT2D eigenvalue weighted by molar-refractivity contribution is 6.09. The molecule has 0 spiro atoms. The van der Waals surface area contributed by atoms with Crippen LogP contribution >= 0.6 is 0 Å². The highest BCUT2D eigenvalue weighted by Gasteiger charge is 2.68. The number of hydrogen-bond donors (Lipinski definition) is 2. The molecular formula is C17H20N2O5. The number of hydrogen-bond acceptors (Lipinski definition) is 6. The van der Waals surface area contributed by atoms with Crippen molar-refractivity contribution in [2.45, 2.75) is 18.5 Å². The van der Waals surface area contributed by atoms with Gasteiger partial charge in [0.1, 0.15) is 0 Å². The average Bonchev–Trinajstić information content (AvgIpc) is 3.05. The summed E-state index contributed by atoms with van der Waals surface area (Å²) in [5, 5.41) is 12.9. The van der Waals surface area contributed by atoms with Crippen molar-refractivity contribution >= 4 is 17.8 Å². The molecule has 4 atom stereocenters. The Labute approximate surface area is 139 Å². The maximum atomic E-state index is 12.6. The number of aliphatic hydroxyl groups excluding tert-OH is 1. The van der Waals surface area contributed by atoms with Crippen LogP contribution in [-0.2, 0) is 19.1 Å². The van der Waals surface area contributed by atoms with E-state index >= 15 is 0 Å². The number of aryl methyl sites for hydroxylation is 1. The van der Waals surface area contributed by atoms with Gasteiger partial charge in [-0.1, -0.05) is 29.8 Å². The maximum Gasteiger partial charge on any atom is 0.329 e. The molecule has 2 N–H and O–H groups in total. The summed E-state index contributed by atoms with van der Waals surface area (Å²) >= 11 is 0. The van der Waals surface area contributed by atoms with E-state index in [-0.39, 0.29) is 5.91 Å². The molecule has 3 rings (SSSR count). The normalized spacial score (nSPS) is 32.2. The minimum atomic E-state index is -1.62. The van der Waals surface area contributed by atoms with Crippen LogP contribution in [0.15, 0.2) is 24.3 Å². The molecule has 0 aliphatic carbocycles. The van der Waals surface area contributed by atoms with Crippen LogP contribution in [-0.4, -0.2) is 54.1 Å².